The number of hydrogen-bond acceptors (Lipinski definition) is 5. The zero-order valence-corrected chi connectivity index (χ0v) is 15.7. The number of carbonyl (C=O) groups is 1. The summed E-state index contributed by atoms with van der Waals surface area (Å²) in [6.45, 7) is 5.81. The molecule has 1 aliphatic carbocycles. The van der Waals surface area contributed by atoms with Crippen LogP contribution in [-0.2, 0) is 6.42 Å². The van der Waals surface area contributed by atoms with Crippen LogP contribution in [0.3, 0.4) is 0 Å². The normalized spacial score (nSPS) is 23.2. The van der Waals surface area contributed by atoms with Crippen molar-refractivity contribution in [2.24, 2.45) is 0 Å². The molecule has 0 saturated heterocycles. The number of rotatable bonds is 3. The number of fused-ring (bicyclic) bond motifs is 1. The lowest BCUT2D eigenvalue weighted by Crippen LogP contribution is -2.55. The van der Waals surface area contributed by atoms with E-state index in [9.17, 15) is 9.90 Å². The van der Waals surface area contributed by atoms with Gasteiger partial charge in [-0.15, -0.1) is 11.8 Å². The van der Waals surface area contributed by atoms with Crippen molar-refractivity contribution < 1.29 is 9.90 Å². The van der Waals surface area contributed by atoms with Gasteiger partial charge in [0.05, 0.1) is 16.6 Å². The van der Waals surface area contributed by atoms with Crippen molar-refractivity contribution in [2.75, 3.05) is 11.1 Å². The maximum absolute atomic E-state index is 11.8. The smallest absolute Gasteiger partial charge is 0.408 e. The fourth-order valence-electron chi connectivity index (χ4n) is 3.66. The Balaban J connectivity index is 1.86. The van der Waals surface area contributed by atoms with Gasteiger partial charge in [0.25, 0.3) is 0 Å². The molecule has 2 aliphatic rings. The van der Waals surface area contributed by atoms with Gasteiger partial charge < -0.3 is 10.4 Å². The molecule has 3 rings (SSSR count). The van der Waals surface area contributed by atoms with Crippen LogP contribution in [0, 0.1) is 0 Å². The Kier molecular flexibility index (Phi) is 4.84. The van der Waals surface area contributed by atoms with Crippen molar-refractivity contribution >= 4 is 35.3 Å². The summed E-state index contributed by atoms with van der Waals surface area (Å²) in [7, 11) is 0. The van der Waals surface area contributed by atoms with E-state index < -0.39 is 11.6 Å². The molecule has 132 valence electrons. The maximum atomic E-state index is 11.8. The molecule has 2 heterocycles. The van der Waals surface area contributed by atoms with Crippen molar-refractivity contribution in [3.05, 3.63) is 11.0 Å². The lowest BCUT2D eigenvalue weighted by molar-refractivity contribution is 0.0689. The Hall–Kier alpha value is -1.21. The van der Waals surface area contributed by atoms with Gasteiger partial charge in [0.15, 0.2) is 0 Å². The largest absolute Gasteiger partial charge is 0.465 e. The lowest BCUT2D eigenvalue weighted by Gasteiger charge is -2.40. The molecule has 0 bridgehead atoms. The van der Waals surface area contributed by atoms with Crippen LogP contribution in [-0.4, -0.2) is 49.4 Å². The molecule has 6 nitrogen and oxygen atoms in total. The van der Waals surface area contributed by atoms with Crippen LogP contribution < -0.4 is 5.32 Å². The minimum atomic E-state index is -0.874. The van der Waals surface area contributed by atoms with Crippen molar-refractivity contribution in [3.8, 4) is 0 Å². The van der Waals surface area contributed by atoms with Crippen LogP contribution in [0.5, 0.6) is 0 Å². The van der Waals surface area contributed by atoms with E-state index in [1.807, 2.05) is 20.8 Å². The van der Waals surface area contributed by atoms with Crippen molar-refractivity contribution in [1.29, 1.82) is 0 Å². The van der Waals surface area contributed by atoms with Crippen LogP contribution in [0.15, 0.2) is 4.90 Å². The van der Waals surface area contributed by atoms with Gasteiger partial charge in [-0.05, 0) is 51.6 Å². The summed E-state index contributed by atoms with van der Waals surface area (Å²) < 4.78 is 0. The predicted octanol–water partition coefficient (Wildman–Crippen LogP) is 3.89. The quantitative estimate of drug-likeness (QED) is 0.786. The topological polar surface area (TPSA) is 78.4 Å². The fourth-order valence-corrected chi connectivity index (χ4v) is 4.90. The highest BCUT2D eigenvalue weighted by Gasteiger charge is 2.40. The van der Waals surface area contributed by atoms with Crippen LogP contribution in [0.2, 0.25) is 5.28 Å². The molecular weight excluding hydrogens is 348 g/mol. The second-order valence-corrected chi connectivity index (χ2v) is 8.73. The first-order valence-corrected chi connectivity index (χ1v) is 9.61. The van der Waals surface area contributed by atoms with Gasteiger partial charge in [-0.1, -0.05) is 0 Å². The number of carboxylic acid groups (broad SMARTS) is 1. The van der Waals surface area contributed by atoms with Crippen molar-refractivity contribution in [1.82, 2.24) is 14.9 Å². The molecule has 1 aromatic rings. The fraction of sp³-hybridized carbons (Fsp3) is 0.688. The van der Waals surface area contributed by atoms with Gasteiger partial charge in [0.1, 0.15) is 5.82 Å². The highest BCUT2D eigenvalue weighted by atomic mass is 35.5. The molecule has 0 unspecified atom stereocenters. The molecule has 1 aliphatic heterocycles. The summed E-state index contributed by atoms with van der Waals surface area (Å²) >= 11 is 7.79. The Morgan fingerprint density at radius 2 is 2.12 bits per heavy atom. The lowest BCUT2D eigenvalue weighted by atomic mass is 10.0. The Morgan fingerprint density at radius 3 is 2.79 bits per heavy atom. The van der Waals surface area contributed by atoms with Crippen LogP contribution >= 0.6 is 23.4 Å². The van der Waals surface area contributed by atoms with E-state index in [0.717, 1.165) is 47.8 Å². The molecule has 1 fully saturated rings. The van der Waals surface area contributed by atoms with E-state index in [1.165, 1.54) is 0 Å². The molecular formula is C16H23ClN4O2S. The van der Waals surface area contributed by atoms with Crippen LogP contribution in [0.4, 0.5) is 10.6 Å². The average molecular weight is 371 g/mol. The SMILES string of the molecule is CC(C)(C)N(C(=O)O)[C@H]1CCC[C@@H]1Nc1nc(Cl)nc2c1SCC2. The minimum Gasteiger partial charge on any atom is -0.465 e. The monoisotopic (exact) mass is 370 g/mol. The number of nitrogens with one attached hydrogen (secondary N) is 1. The third kappa shape index (κ3) is 3.42. The molecule has 8 heteroatoms. The Labute approximate surface area is 151 Å². The van der Waals surface area contributed by atoms with Gasteiger partial charge in [-0.2, -0.15) is 4.98 Å². The first-order valence-electron chi connectivity index (χ1n) is 8.25. The van der Waals surface area contributed by atoms with Gasteiger partial charge in [0, 0.05) is 23.8 Å². The molecule has 24 heavy (non-hydrogen) atoms. The summed E-state index contributed by atoms with van der Waals surface area (Å²) in [5, 5.41) is 13.4. The summed E-state index contributed by atoms with van der Waals surface area (Å²) in [6, 6.07) is -0.0325. The van der Waals surface area contributed by atoms with Crippen molar-refractivity contribution in [2.45, 2.75) is 69.0 Å². The number of thioether (sulfide) groups is 1. The van der Waals surface area contributed by atoms with Crippen LogP contribution in [0.1, 0.15) is 45.7 Å². The number of nitrogens with zero attached hydrogens (tertiary/aromatic N) is 3. The minimum absolute atomic E-state index is 0.0385. The number of hydrogen-bond donors (Lipinski definition) is 2. The molecule has 1 saturated carbocycles. The second kappa shape index (κ2) is 6.59. The maximum Gasteiger partial charge on any atom is 0.408 e. The molecule has 0 aromatic carbocycles. The number of aryl methyl sites for hydroxylation is 1. The molecule has 1 amide bonds. The molecule has 0 spiro atoms. The van der Waals surface area contributed by atoms with Gasteiger partial charge in [0.2, 0.25) is 5.28 Å². The molecule has 1 aromatic heterocycles. The number of amides is 1. The summed E-state index contributed by atoms with van der Waals surface area (Å²) in [6.07, 6.45) is 2.80. The number of halogens is 1. The highest BCUT2D eigenvalue weighted by molar-refractivity contribution is 7.99. The van der Waals surface area contributed by atoms with E-state index in [0.29, 0.717) is 0 Å². The summed E-state index contributed by atoms with van der Waals surface area (Å²) in [5.74, 6) is 1.74. The van der Waals surface area contributed by atoms with E-state index in [-0.39, 0.29) is 17.4 Å². The van der Waals surface area contributed by atoms with Gasteiger partial charge in [-0.25, -0.2) is 9.78 Å². The van der Waals surface area contributed by atoms with E-state index in [2.05, 4.69) is 15.3 Å². The van der Waals surface area contributed by atoms with E-state index in [4.69, 9.17) is 11.6 Å². The van der Waals surface area contributed by atoms with Crippen LogP contribution in [0.25, 0.3) is 0 Å². The molecule has 2 N–H and O–H groups in total. The van der Waals surface area contributed by atoms with Gasteiger partial charge >= 0.3 is 6.09 Å². The highest BCUT2D eigenvalue weighted by Crippen LogP contribution is 2.38. The standard InChI is InChI=1S/C16H23ClN4O2S/c1-16(2,3)21(15(22)23)11-6-4-5-9(11)18-13-12-10(7-8-24-12)19-14(17)20-13/h9,11H,4-8H2,1-3H3,(H,22,23)(H,18,19,20)/t9-,11-/m0/s1. The summed E-state index contributed by atoms with van der Waals surface area (Å²) in [4.78, 5) is 23.1. The number of aromatic nitrogens is 2. The van der Waals surface area contributed by atoms with Crippen molar-refractivity contribution in [3.63, 3.8) is 0 Å². The Morgan fingerprint density at radius 1 is 1.38 bits per heavy atom. The first kappa shape index (κ1) is 17.6. The first-order chi connectivity index (χ1) is 11.3. The van der Waals surface area contributed by atoms with Gasteiger partial charge in [-0.3, -0.25) is 4.90 Å². The second-order valence-electron chi connectivity index (χ2n) is 7.29. The zero-order chi connectivity index (χ0) is 17.5. The number of anilines is 1. The average Bonchev–Trinajstić information content (AvgIpc) is 3.06. The Bertz CT molecular complexity index is 650. The third-order valence-electron chi connectivity index (χ3n) is 4.56. The third-order valence-corrected chi connectivity index (χ3v) is 5.85. The molecule has 0 radical (unpaired) electrons. The molecule has 2 atom stereocenters. The van der Waals surface area contributed by atoms with E-state index in [1.54, 1.807) is 16.7 Å². The van der Waals surface area contributed by atoms with E-state index >= 15 is 0 Å². The summed E-state index contributed by atoms with van der Waals surface area (Å²) in [5.41, 5.74) is 0.545. The predicted molar refractivity (Wildman–Crippen MR) is 96.1 cm³/mol. The zero-order valence-electron chi connectivity index (χ0n) is 14.2.